The number of hydrogen-bond acceptors (Lipinski definition) is 2. The van der Waals surface area contributed by atoms with Gasteiger partial charge in [-0.05, 0) is 30.8 Å². The molecule has 0 saturated carbocycles. The van der Waals surface area contributed by atoms with Gasteiger partial charge in [-0.3, -0.25) is 0 Å². The highest BCUT2D eigenvalue weighted by molar-refractivity contribution is 7.80. The second-order valence-electron chi connectivity index (χ2n) is 3.42. The Morgan fingerprint density at radius 2 is 2.00 bits per heavy atom. The van der Waals surface area contributed by atoms with Crippen LogP contribution in [-0.2, 0) is 0 Å². The van der Waals surface area contributed by atoms with Crippen molar-refractivity contribution >= 4 is 23.0 Å². The molecule has 0 radical (unpaired) electrons. The van der Waals surface area contributed by atoms with Crippen LogP contribution in [0.2, 0.25) is 0 Å². The summed E-state index contributed by atoms with van der Waals surface area (Å²) in [7, 11) is 0. The summed E-state index contributed by atoms with van der Waals surface area (Å²) < 4.78 is 40.4. The van der Waals surface area contributed by atoms with Crippen LogP contribution in [0.25, 0.3) is 0 Å². The predicted octanol–water partition coefficient (Wildman–Crippen LogP) is 3.28. The average molecular weight is 278 g/mol. The second kappa shape index (κ2) is 6.44. The van der Waals surface area contributed by atoms with Gasteiger partial charge in [-0.1, -0.05) is 19.1 Å². The van der Waals surface area contributed by atoms with Gasteiger partial charge in [0.05, 0.1) is 5.69 Å². The molecule has 0 aliphatic carbocycles. The van der Waals surface area contributed by atoms with Crippen LogP contribution in [0.4, 0.5) is 18.9 Å². The minimum atomic E-state index is -4.73. The van der Waals surface area contributed by atoms with E-state index in [1.807, 2.05) is 6.92 Å². The fourth-order valence-electron chi connectivity index (χ4n) is 1.19. The molecule has 0 bridgehead atoms. The van der Waals surface area contributed by atoms with Gasteiger partial charge >= 0.3 is 6.36 Å². The van der Waals surface area contributed by atoms with E-state index in [2.05, 4.69) is 15.4 Å². The number of benzene rings is 1. The van der Waals surface area contributed by atoms with Crippen molar-refractivity contribution in [3.05, 3.63) is 24.3 Å². The van der Waals surface area contributed by atoms with Crippen molar-refractivity contribution in [2.75, 3.05) is 11.9 Å². The maximum absolute atomic E-state index is 12.2. The summed E-state index contributed by atoms with van der Waals surface area (Å²) in [6, 6.07) is 5.72. The number of para-hydroxylation sites is 2. The molecule has 18 heavy (non-hydrogen) atoms. The third-order valence-electron chi connectivity index (χ3n) is 1.90. The summed E-state index contributed by atoms with van der Waals surface area (Å²) in [6.07, 6.45) is -3.86. The smallest absolute Gasteiger partial charge is 0.404 e. The van der Waals surface area contributed by atoms with Crippen LogP contribution in [0.3, 0.4) is 0 Å². The number of rotatable bonds is 4. The Hall–Kier alpha value is -1.50. The third-order valence-corrected chi connectivity index (χ3v) is 2.14. The van der Waals surface area contributed by atoms with Crippen LogP contribution in [0, 0.1) is 0 Å². The fraction of sp³-hybridized carbons (Fsp3) is 0.364. The van der Waals surface area contributed by atoms with E-state index in [0.717, 1.165) is 6.42 Å². The summed E-state index contributed by atoms with van der Waals surface area (Å²) in [6.45, 7) is 2.60. The van der Waals surface area contributed by atoms with Crippen molar-refractivity contribution < 1.29 is 17.9 Å². The number of alkyl halides is 3. The Labute approximate surface area is 108 Å². The Balaban J connectivity index is 2.73. The molecule has 2 N–H and O–H groups in total. The minimum Gasteiger partial charge on any atom is -0.404 e. The van der Waals surface area contributed by atoms with Crippen LogP contribution in [-0.4, -0.2) is 18.0 Å². The van der Waals surface area contributed by atoms with Crippen molar-refractivity contribution in [1.29, 1.82) is 0 Å². The van der Waals surface area contributed by atoms with Gasteiger partial charge in [0.15, 0.2) is 10.9 Å². The lowest BCUT2D eigenvalue weighted by Gasteiger charge is -2.15. The van der Waals surface area contributed by atoms with Gasteiger partial charge < -0.3 is 15.4 Å². The molecule has 1 aromatic carbocycles. The van der Waals surface area contributed by atoms with Crippen molar-refractivity contribution in [1.82, 2.24) is 5.32 Å². The summed E-state index contributed by atoms with van der Waals surface area (Å²) >= 11 is 4.94. The van der Waals surface area contributed by atoms with Crippen molar-refractivity contribution in [3.8, 4) is 5.75 Å². The largest absolute Gasteiger partial charge is 0.573 e. The van der Waals surface area contributed by atoms with Crippen molar-refractivity contribution in [2.24, 2.45) is 0 Å². The molecule has 1 aromatic rings. The monoisotopic (exact) mass is 278 g/mol. The van der Waals surface area contributed by atoms with Crippen LogP contribution >= 0.6 is 12.2 Å². The standard InChI is InChI=1S/C11H13F3N2OS/c1-2-7-15-10(18)16-8-5-3-4-6-9(8)17-11(12,13)14/h3-6H,2,7H2,1H3,(H2,15,16,18). The quantitative estimate of drug-likeness (QED) is 0.828. The van der Waals surface area contributed by atoms with E-state index in [4.69, 9.17) is 12.2 Å². The number of nitrogens with one attached hydrogen (secondary N) is 2. The molecule has 0 saturated heterocycles. The third kappa shape index (κ3) is 5.22. The van der Waals surface area contributed by atoms with Crippen LogP contribution < -0.4 is 15.4 Å². The van der Waals surface area contributed by atoms with Gasteiger partial charge in [0, 0.05) is 6.54 Å². The Morgan fingerprint density at radius 1 is 1.33 bits per heavy atom. The average Bonchev–Trinajstić information content (AvgIpc) is 2.27. The molecule has 0 heterocycles. The van der Waals surface area contributed by atoms with E-state index >= 15 is 0 Å². The van der Waals surface area contributed by atoms with Crippen LogP contribution in [0.15, 0.2) is 24.3 Å². The van der Waals surface area contributed by atoms with Gasteiger partial charge in [-0.2, -0.15) is 0 Å². The van der Waals surface area contributed by atoms with Crippen LogP contribution in [0.1, 0.15) is 13.3 Å². The van der Waals surface area contributed by atoms with E-state index in [0.29, 0.717) is 6.54 Å². The molecule has 0 aromatic heterocycles. The first-order chi connectivity index (χ1) is 8.42. The highest BCUT2D eigenvalue weighted by atomic mass is 32.1. The first-order valence-corrected chi connectivity index (χ1v) is 5.73. The zero-order chi connectivity index (χ0) is 13.6. The molecule has 3 nitrogen and oxygen atoms in total. The van der Waals surface area contributed by atoms with E-state index in [9.17, 15) is 13.2 Å². The number of hydrogen-bond donors (Lipinski definition) is 2. The second-order valence-corrected chi connectivity index (χ2v) is 3.83. The molecule has 0 aliphatic rings. The van der Waals surface area contributed by atoms with Gasteiger partial charge in [-0.25, -0.2) is 0 Å². The first kappa shape index (κ1) is 14.6. The highest BCUT2D eigenvalue weighted by Gasteiger charge is 2.32. The SMILES string of the molecule is CCCNC(=S)Nc1ccccc1OC(F)(F)F. The molecule has 7 heteroatoms. The summed E-state index contributed by atoms with van der Waals surface area (Å²) in [4.78, 5) is 0. The summed E-state index contributed by atoms with van der Waals surface area (Å²) in [5.41, 5.74) is 0.170. The lowest BCUT2D eigenvalue weighted by molar-refractivity contribution is -0.274. The molecular formula is C11H13F3N2OS. The molecule has 0 atom stereocenters. The number of ether oxygens (including phenoxy) is 1. The first-order valence-electron chi connectivity index (χ1n) is 5.32. The topological polar surface area (TPSA) is 33.3 Å². The van der Waals surface area contributed by atoms with Crippen LogP contribution in [0.5, 0.6) is 5.75 Å². The predicted molar refractivity (Wildman–Crippen MR) is 67.6 cm³/mol. The molecular weight excluding hydrogens is 265 g/mol. The summed E-state index contributed by atoms with van der Waals surface area (Å²) in [5, 5.41) is 5.78. The minimum absolute atomic E-state index is 0.170. The Morgan fingerprint density at radius 3 is 2.61 bits per heavy atom. The molecule has 0 amide bonds. The molecule has 0 unspecified atom stereocenters. The fourth-order valence-corrected chi connectivity index (χ4v) is 1.40. The maximum Gasteiger partial charge on any atom is 0.573 e. The number of anilines is 1. The molecule has 100 valence electrons. The van der Waals surface area contributed by atoms with Gasteiger partial charge in [-0.15, -0.1) is 13.2 Å². The van der Waals surface area contributed by atoms with Gasteiger partial charge in [0.25, 0.3) is 0 Å². The van der Waals surface area contributed by atoms with Gasteiger partial charge in [0.2, 0.25) is 0 Å². The molecule has 0 aliphatic heterocycles. The van der Waals surface area contributed by atoms with E-state index in [1.54, 1.807) is 6.07 Å². The maximum atomic E-state index is 12.2. The van der Waals surface area contributed by atoms with Gasteiger partial charge in [0.1, 0.15) is 0 Å². The number of thiocarbonyl (C=S) groups is 1. The summed E-state index contributed by atoms with van der Waals surface area (Å²) in [5.74, 6) is -0.314. The van der Waals surface area contributed by atoms with E-state index in [-0.39, 0.29) is 16.5 Å². The lowest BCUT2D eigenvalue weighted by Crippen LogP contribution is -2.29. The molecule has 1 rings (SSSR count). The number of halogens is 3. The van der Waals surface area contributed by atoms with E-state index < -0.39 is 6.36 Å². The normalized spacial score (nSPS) is 10.9. The Bertz CT molecular complexity index is 410. The van der Waals surface area contributed by atoms with Crippen molar-refractivity contribution in [3.63, 3.8) is 0 Å². The highest BCUT2D eigenvalue weighted by Crippen LogP contribution is 2.29. The zero-order valence-electron chi connectivity index (χ0n) is 9.67. The zero-order valence-corrected chi connectivity index (χ0v) is 10.5. The lowest BCUT2D eigenvalue weighted by atomic mass is 10.3. The molecule has 0 spiro atoms. The molecule has 0 fully saturated rings. The Kier molecular flexibility index (Phi) is 5.21. The van der Waals surface area contributed by atoms with Crippen molar-refractivity contribution in [2.45, 2.75) is 19.7 Å². The van der Waals surface area contributed by atoms with E-state index in [1.165, 1.54) is 18.2 Å².